The van der Waals surface area contributed by atoms with Crippen molar-refractivity contribution < 1.29 is 22.3 Å². The van der Waals surface area contributed by atoms with E-state index in [9.17, 15) is 17.6 Å². The van der Waals surface area contributed by atoms with E-state index in [0.717, 1.165) is 25.7 Å². The summed E-state index contributed by atoms with van der Waals surface area (Å²) in [6.07, 6.45) is 4.91. The summed E-state index contributed by atoms with van der Waals surface area (Å²) in [4.78, 5) is 15.2. The summed E-state index contributed by atoms with van der Waals surface area (Å²) in [5, 5.41) is 0. The molecule has 0 N–H and O–H groups in total. The number of sulfonamides is 1. The first-order valence-electron chi connectivity index (χ1n) is 10.5. The van der Waals surface area contributed by atoms with Gasteiger partial charge in [-0.1, -0.05) is 0 Å². The number of benzene rings is 1. The number of piperidine rings is 1. The van der Waals surface area contributed by atoms with Crippen LogP contribution in [0.3, 0.4) is 0 Å². The number of ether oxygens (including phenoxy) is 1. The first-order chi connectivity index (χ1) is 13.9. The summed E-state index contributed by atoms with van der Waals surface area (Å²) in [6, 6.07) is 4.20. The second kappa shape index (κ2) is 8.32. The first-order valence-corrected chi connectivity index (χ1v) is 12.0. The van der Waals surface area contributed by atoms with Crippen LogP contribution < -0.4 is 0 Å². The van der Waals surface area contributed by atoms with E-state index in [0.29, 0.717) is 44.7 Å². The Balaban J connectivity index is 1.46. The van der Waals surface area contributed by atoms with Crippen LogP contribution in [-0.4, -0.2) is 61.9 Å². The van der Waals surface area contributed by atoms with Gasteiger partial charge < -0.3 is 9.64 Å². The zero-order valence-electron chi connectivity index (χ0n) is 16.8. The van der Waals surface area contributed by atoms with Crippen molar-refractivity contribution in [1.82, 2.24) is 9.21 Å². The van der Waals surface area contributed by atoms with E-state index >= 15 is 0 Å². The Morgan fingerprint density at radius 2 is 1.69 bits per heavy atom. The maximum Gasteiger partial charge on any atom is 0.243 e. The van der Waals surface area contributed by atoms with Crippen molar-refractivity contribution in [1.29, 1.82) is 0 Å². The van der Waals surface area contributed by atoms with E-state index in [1.165, 1.54) is 22.5 Å². The summed E-state index contributed by atoms with van der Waals surface area (Å²) in [5.41, 5.74) is 0.321. The second-order valence-corrected chi connectivity index (χ2v) is 10.3. The lowest BCUT2D eigenvalue weighted by Crippen LogP contribution is -2.54. The normalized spacial score (nSPS) is 22.6. The van der Waals surface area contributed by atoms with Gasteiger partial charge in [-0.3, -0.25) is 4.79 Å². The number of amides is 1. The van der Waals surface area contributed by atoms with Crippen LogP contribution in [0.2, 0.25) is 0 Å². The molecule has 0 spiro atoms. The number of hydrogen-bond donors (Lipinski definition) is 0. The largest absolute Gasteiger partial charge is 0.381 e. The Morgan fingerprint density at radius 1 is 1.07 bits per heavy atom. The molecule has 3 fully saturated rings. The van der Waals surface area contributed by atoms with Crippen molar-refractivity contribution in [2.24, 2.45) is 5.92 Å². The Labute approximate surface area is 172 Å². The lowest BCUT2D eigenvalue weighted by molar-refractivity contribution is -0.141. The molecule has 0 unspecified atom stereocenters. The van der Waals surface area contributed by atoms with Gasteiger partial charge in [0.2, 0.25) is 15.9 Å². The molecule has 29 heavy (non-hydrogen) atoms. The summed E-state index contributed by atoms with van der Waals surface area (Å²) in [7, 11) is -3.66. The van der Waals surface area contributed by atoms with Gasteiger partial charge in [-0.05, 0) is 69.2 Å². The quantitative estimate of drug-likeness (QED) is 0.729. The molecular formula is C21H29FN2O4S. The third-order valence-corrected chi connectivity index (χ3v) is 8.24. The van der Waals surface area contributed by atoms with Crippen LogP contribution >= 0.6 is 0 Å². The number of carbonyl (C=O) groups is 1. The number of carbonyl (C=O) groups excluding carboxylic acids is 1. The topological polar surface area (TPSA) is 66.9 Å². The fourth-order valence-corrected chi connectivity index (χ4v) is 6.01. The Kier molecular flexibility index (Phi) is 5.95. The Hall–Kier alpha value is -1.51. The molecule has 3 aliphatic rings. The van der Waals surface area contributed by atoms with Gasteiger partial charge >= 0.3 is 0 Å². The van der Waals surface area contributed by atoms with E-state index < -0.39 is 15.8 Å². The minimum atomic E-state index is -3.66. The molecule has 1 aromatic carbocycles. The molecule has 4 rings (SSSR count). The highest BCUT2D eigenvalue weighted by molar-refractivity contribution is 7.89. The van der Waals surface area contributed by atoms with Crippen molar-refractivity contribution in [3.05, 3.63) is 29.6 Å². The van der Waals surface area contributed by atoms with Crippen molar-refractivity contribution >= 4 is 15.9 Å². The highest BCUT2D eigenvalue weighted by atomic mass is 32.2. The van der Waals surface area contributed by atoms with Gasteiger partial charge in [0.05, 0.1) is 4.90 Å². The first kappa shape index (κ1) is 20.8. The highest BCUT2D eigenvalue weighted by Crippen LogP contribution is 2.35. The molecule has 1 aliphatic carbocycles. The molecule has 160 valence electrons. The third kappa shape index (κ3) is 4.34. The summed E-state index contributed by atoms with van der Waals surface area (Å²) in [5.74, 6) is -0.0116. The van der Waals surface area contributed by atoms with Gasteiger partial charge in [0.15, 0.2) is 0 Å². The third-order valence-electron chi connectivity index (χ3n) is 6.35. The predicted molar refractivity (Wildman–Crippen MR) is 106 cm³/mol. The maximum atomic E-state index is 13.5. The molecule has 1 amide bonds. The van der Waals surface area contributed by atoms with Crippen LogP contribution in [0, 0.1) is 18.7 Å². The number of aryl methyl sites for hydroxylation is 1. The number of rotatable bonds is 5. The maximum absolute atomic E-state index is 13.5. The van der Waals surface area contributed by atoms with Crippen molar-refractivity contribution in [2.75, 3.05) is 26.3 Å². The smallest absolute Gasteiger partial charge is 0.243 e. The van der Waals surface area contributed by atoms with Gasteiger partial charge in [-0.2, -0.15) is 4.31 Å². The summed E-state index contributed by atoms with van der Waals surface area (Å²) < 4.78 is 46.5. The van der Waals surface area contributed by atoms with E-state index in [1.807, 2.05) is 0 Å². The van der Waals surface area contributed by atoms with E-state index in [1.54, 1.807) is 6.92 Å². The lowest BCUT2D eigenvalue weighted by Gasteiger charge is -2.43. The fraction of sp³-hybridized carbons (Fsp3) is 0.667. The van der Waals surface area contributed by atoms with Gasteiger partial charge in [-0.25, -0.2) is 12.8 Å². The minimum Gasteiger partial charge on any atom is -0.381 e. The van der Waals surface area contributed by atoms with Crippen LogP contribution in [0.5, 0.6) is 0 Å². The number of nitrogens with zero attached hydrogens (tertiary/aromatic N) is 2. The molecule has 8 heteroatoms. The van der Waals surface area contributed by atoms with Gasteiger partial charge in [-0.15, -0.1) is 0 Å². The van der Waals surface area contributed by atoms with Crippen LogP contribution in [-0.2, 0) is 19.6 Å². The SMILES string of the molecule is Cc1cc(S(=O)(=O)N2CCC(N(C(=O)C3CC3)C3CCOCC3)CC2)ccc1F. The molecule has 0 aromatic heterocycles. The molecule has 0 bridgehead atoms. The molecular weight excluding hydrogens is 395 g/mol. The van der Waals surface area contributed by atoms with E-state index in [4.69, 9.17) is 4.74 Å². The predicted octanol–water partition coefficient (Wildman–Crippen LogP) is 2.70. The molecule has 2 saturated heterocycles. The molecule has 1 aromatic rings. The molecule has 2 aliphatic heterocycles. The molecule has 6 nitrogen and oxygen atoms in total. The van der Waals surface area contributed by atoms with Crippen molar-refractivity contribution in [3.63, 3.8) is 0 Å². The minimum absolute atomic E-state index is 0.0765. The zero-order chi connectivity index (χ0) is 20.6. The molecule has 2 heterocycles. The van der Waals surface area contributed by atoms with Gasteiger partial charge in [0, 0.05) is 44.3 Å². The molecule has 1 saturated carbocycles. The lowest BCUT2D eigenvalue weighted by atomic mass is 9.98. The zero-order valence-corrected chi connectivity index (χ0v) is 17.7. The fourth-order valence-electron chi connectivity index (χ4n) is 4.45. The number of halogens is 1. The van der Waals surface area contributed by atoms with Crippen LogP contribution in [0.15, 0.2) is 23.1 Å². The van der Waals surface area contributed by atoms with Crippen LogP contribution in [0.1, 0.15) is 44.1 Å². The van der Waals surface area contributed by atoms with Crippen molar-refractivity contribution in [3.8, 4) is 0 Å². The number of hydrogen-bond acceptors (Lipinski definition) is 4. The molecule has 0 atom stereocenters. The van der Waals surface area contributed by atoms with Gasteiger partial charge in [0.25, 0.3) is 0 Å². The monoisotopic (exact) mass is 424 g/mol. The average Bonchev–Trinajstić information content (AvgIpc) is 3.57. The Morgan fingerprint density at radius 3 is 2.28 bits per heavy atom. The Bertz CT molecular complexity index is 857. The average molecular weight is 425 g/mol. The van der Waals surface area contributed by atoms with Crippen molar-refractivity contribution in [2.45, 2.75) is 62.4 Å². The standard InChI is InChI=1S/C21H29FN2O4S/c1-15-14-19(4-5-20(15)22)29(26,27)23-10-6-17(7-11-23)24(21(25)16-2-3-16)18-8-12-28-13-9-18/h4-5,14,16-18H,2-3,6-13H2,1H3. The summed E-state index contributed by atoms with van der Waals surface area (Å²) in [6.45, 7) is 3.67. The second-order valence-electron chi connectivity index (χ2n) is 8.41. The van der Waals surface area contributed by atoms with E-state index in [2.05, 4.69) is 4.90 Å². The van der Waals surface area contributed by atoms with E-state index in [-0.39, 0.29) is 28.8 Å². The van der Waals surface area contributed by atoms with Crippen LogP contribution in [0.4, 0.5) is 4.39 Å². The highest BCUT2D eigenvalue weighted by Gasteiger charge is 2.41. The summed E-state index contributed by atoms with van der Waals surface area (Å²) >= 11 is 0. The van der Waals surface area contributed by atoms with Gasteiger partial charge in [0.1, 0.15) is 5.82 Å². The molecule has 0 radical (unpaired) electrons. The van der Waals surface area contributed by atoms with Crippen LogP contribution in [0.25, 0.3) is 0 Å².